The second-order valence-electron chi connectivity index (χ2n) is 4.36. The van der Waals surface area contributed by atoms with Gasteiger partial charge in [-0.05, 0) is 52.9 Å². The second kappa shape index (κ2) is 5.29. The molecule has 1 unspecified atom stereocenters. The number of halogens is 2. The topological polar surface area (TPSA) is 30.2 Å². The van der Waals surface area contributed by atoms with Gasteiger partial charge < -0.3 is 4.42 Å². The smallest absolute Gasteiger partial charge is 0.151 e. The third-order valence-electron chi connectivity index (χ3n) is 3.00. The van der Waals surface area contributed by atoms with Gasteiger partial charge in [-0.2, -0.15) is 0 Å². The average molecular weight is 400 g/mol. The van der Waals surface area contributed by atoms with E-state index in [2.05, 4.69) is 22.6 Å². The molecule has 3 rings (SSSR count). The molecular formula is C15H10FIO2S. The maximum absolute atomic E-state index is 13.4. The highest BCUT2D eigenvalue weighted by Crippen LogP contribution is 2.36. The number of furan rings is 1. The monoisotopic (exact) mass is 400 g/mol. The maximum Gasteiger partial charge on any atom is 0.151 e. The van der Waals surface area contributed by atoms with Crippen LogP contribution in [0.3, 0.4) is 0 Å². The molecule has 0 aliphatic rings. The van der Waals surface area contributed by atoms with E-state index >= 15 is 0 Å². The molecule has 5 heteroatoms. The molecule has 0 aliphatic heterocycles. The summed E-state index contributed by atoms with van der Waals surface area (Å²) in [6.07, 6.45) is 1.57. The first kappa shape index (κ1) is 13.8. The number of benzene rings is 2. The normalized spacial score (nSPS) is 12.8. The van der Waals surface area contributed by atoms with E-state index in [-0.39, 0.29) is 5.82 Å². The Morgan fingerprint density at radius 3 is 2.50 bits per heavy atom. The summed E-state index contributed by atoms with van der Waals surface area (Å²) in [5.74, 6) is 0.182. The Kier molecular flexibility index (Phi) is 3.64. The van der Waals surface area contributed by atoms with Crippen LogP contribution in [-0.4, -0.2) is 10.5 Å². The molecule has 0 bridgehead atoms. The molecule has 0 radical (unpaired) electrons. The minimum atomic E-state index is -1.26. The Hall–Kier alpha value is -1.21. The summed E-state index contributed by atoms with van der Waals surface area (Å²) in [4.78, 5) is 0.542. The van der Waals surface area contributed by atoms with Gasteiger partial charge in [-0.1, -0.05) is 12.1 Å². The van der Waals surface area contributed by atoms with Crippen molar-refractivity contribution in [3.05, 3.63) is 51.9 Å². The summed E-state index contributed by atoms with van der Waals surface area (Å²) in [6.45, 7) is 0. The summed E-state index contributed by atoms with van der Waals surface area (Å²) >= 11 is 2.22. The highest BCUT2D eigenvalue weighted by Gasteiger charge is 2.19. The van der Waals surface area contributed by atoms with Crippen molar-refractivity contribution in [3.63, 3.8) is 0 Å². The van der Waals surface area contributed by atoms with Crippen LogP contribution in [0.2, 0.25) is 0 Å². The molecule has 1 aromatic heterocycles. The Morgan fingerprint density at radius 2 is 1.85 bits per heavy atom. The summed E-state index contributed by atoms with van der Waals surface area (Å²) < 4.78 is 32.3. The lowest BCUT2D eigenvalue weighted by atomic mass is 10.1. The van der Waals surface area contributed by atoms with Gasteiger partial charge in [-0.25, -0.2) is 4.39 Å². The van der Waals surface area contributed by atoms with Crippen LogP contribution < -0.4 is 0 Å². The minimum Gasteiger partial charge on any atom is -0.455 e. The number of rotatable bonds is 2. The zero-order valence-electron chi connectivity index (χ0n) is 10.5. The quantitative estimate of drug-likeness (QED) is 0.590. The van der Waals surface area contributed by atoms with E-state index in [0.717, 1.165) is 9.13 Å². The molecule has 0 saturated carbocycles. The van der Waals surface area contributed by atoms with E-state index in [1.54, 1.807) is 12.3 Å². The first-order valence-corrected chi connectivity index (χ1v) is 8.51. The minimum absolute atomic E-state index is 0.362. The predicted octanol–water partition coefficient (Wildman–Crippen LogP) is 4.58. The summed E-state index contributed by atoms with van der Waals surface area (Å²) in [5.41, 5.74) is 1.39. The lowest BCUT2D eigenvalue weighted by molar-refractivity contribution is 0.615. The molecule has 0 fully saturated rings. The van der Waals surface area contributed by atoms with Crippen LogP contribution in [0.25, 0.3) is 22.3 Å². The Morgan fingerprint density at radius 1 is 1.15 bits per heavy atom. The van der Waals surface area contributed by atoms with Crippen molar-refractivity contribution in [1.82, 2.24) is 0 Å². The highest BCUT2D eigenvalue weighted by atomic mass is 127. The number of hydrogen-bond donors (Lipinski definition) is 0. The fourth-order valence-electron chi connectivity index (χ4n) is 2.12. The standard InChI is InChI=1S/C15H10FIO2S/c1-20(18)15-12-8-10(16)4-7-13(12)19-14(15)9-2-5-11(17)6-3-9/h2-8H,1H3. The van der Waals surface area contributed by atoms with Crippen LogP contribution in [0, 0.1) is 9.39 Å². The molecule has 2 aromatic carbocycles. The van der Waals surface area contributed by atoms with Crippen molar-refractivity contribution in [1.29, 1.82) is 0 Å². The average Bonchev–Trinajstić information content (AvgIpc) is 2.78. The molecule has 2 nitrogen and oxygen atoms in total. The molecule has 1 atom stereocenters. The van der Waals surface area contributed by atoms with Crippen molar-refractivity contribution >= 4 is 44.4 Å². The van der Waals surface area contributed by atoms with Crippen molar-refractivity contribution in [2.24, 2.45) is 0 Å². The van der Waals surface area contributed by atoms with Crippen molar-refractivity contribution in [3.8, 4) is 11.3 Å². The van der Waals surface area contributed by atoms with Gasteiger partial charge in [0.2, 0.25) is 0 Å². The zero-order chi connectivity index (χ0) is 14.3. The largest absolute Gasteiger partial charge is 0.455 e. The third kappa shape index (κ3) is 2.40. The van der Waals surface area contributed by atoms with Gasteiger partial charge in [0.05, 0.1) is 15.7 Å². The van der Waals surface area contributed by atoms with Gasteiger partial charge in [0.1, 0.15) is 11.4 Å². The van der Waals surface area contributed by atoms with E-state index in [1.165, 1.54) is 12.1 Å². The van der Waals surface area contributed by atoms with Crippen LogP contribution in [-0.2, 0) is 10.8 Å². The van der Waals surface area contributed by atoms with Gasteiger partial charge in [-0.15, -0.1) is 0 Å². The lowest BCUT2D eigenvalue weighted by Crippen LogP contribution is -1.89. The molecule has 102 valence electrons. The summed E-state index contributed by atoms with van der Waals surface area (Å²) in [6, 6.07) is 12.0. The fourth-order valence-corrected chi connectivity index (χ4v) is 3.37. The molecule has 1 heterocycles. The predicted molar refractivity (Wildman–Crippen MR) is 86.7 cm³/mol. The SMILES string of the molecule is CS(=O)c1c(-c2ccc(I)cc2)oc2ccc(F)cc12. The number of hydrogen-bond acceptors (Lipinski definition) is 2. The molecule has 0 aliphatic carbocycles. The van der Waals surface area contributed by atoms with Gasteiger partial charge >= 0.3 is 0 Å². The van der Waals surface area contributed by atoms with Gasteiger partial charge in [-0.3, -0.25) is 4.21 Å². The molecule has 0 spiro atoms. The van der Waals surface area contributed by atoms with Crippen LogP contribution in [0.5, 0.6) is 0 Å². The summed E-state index contributed by atoms with van der Waals surface area (Å²) in [5, 5.41) is 0.569. The van der Waals surface area contributed by atoms with Crippen LogP contribution in [0.1, 0.15) is 0 Å². The van der Waals surface area contributed by atoms with Crippen molar-refractivity contribution < 1.29 is 13.0 Å². The maximum atomic E-state index is 13.4. The van der Waals surface area contributed by atoms with Gasteiger partial charge in [0.25, 0.3) is 0 Å². The molecule has 0 saturated heterocycles. The molecular weight excluding hydrogens is 390 g/mol. The Bertz CT molecular complexity index is 809. The first-order valence-electron chi connectivity index (χ1n) is 5.87. The zero-order valence-corrected chi connectivity index (χ0v) is 13.5. The van der Waals surface area contributed by atoms with Crippen LogP contribution >= 0.6 is 22.6 Å². The van der Waals surface area contributed by atoms with E-state index in [9.17, 15) is 8.60 Å². The fraction of sp³-hybridized carbons (Fsp3) is 0.0667. The van der Waals surface area contributed by atoms with Crippen molar-refractivity contribution in [2.45, 2.75) is 4.90 Å². The van der Waals surface area contributed by atoms with E-state index in [1.807, 2.05) is 24.3 Å². The van der Waals surface area contributed by atoms with E-state index in [4.69, 9.17) is 4.42 Å². The van der Waals surface area contributed by atoms with Crippen LogP contribution in [0.15, 0.2) is 51.8 Å². The highest BCUT2D eigenvalue weighted by molar-refractivity contribution is 14.1. The molecule has 0 amide bonds. The van der Waals surface area contributed by atoms with Gasteiger partial charge in [0.15, 0.2) is 5.76 Å². The number of fused-ring (bicyclic) bond motifs is 1. The summed E-state index contributed by atoms with van der Waals surface area (Å²) in [7, 11) is -1.26. The lowest BCUT2D eigenvalue weighted by Gasteiger charge is -2.00. The molecule has 20 heavy (non-hydrogen) atoms. The van der Waals surface area contributed by atoms with Crippen LogP contribution in [0.4, 0.5) is 4.39 Å². The molecule has 0 N–H and O–H groups in total. The third-order valence-corrected chi connectivity index (χ3v) is 4.70. The van der Waals surface area contributed by atoms with Gasteiger partial charge in [0, 0.05) is 20.8 Å². The Balaban J connectivity index is 2.32. The van der Waals surface area contributed by atoms with E-state index in [0.29, 0.717) is 21.6 Å². The second-order valence-corrected chi connectivity index (χ2v) is 6.92. The van der Waals surface area contributed by atoms with Crippen molar-refractivity contribution in [2.75, 3.05) is 6.26 Å². The Labute approximate surface area is 131 Å². The van der Waals surface area contributed by atoms with E-state index < -0.39 is 10.8 Å². The molecule has 3 aromatic rings. The first-order chi connectivity index (χ1) is 9.56.